The summed E-state index contributed by atoms with van der Waals surface area (Å²) in [5.74, 6) is -0.552. The van der Waals surface area contributed by atoms with Crippen LogP contribution < -0.4 is 10.2 Å². The van der Waals surface area contributed by atoms with Gasteiger partial charge in [-0.3, -0.25) is 14.2 Å². The number of carbonyl (C=O) groups is 2. The van der Waals surface area contributed by atoms with Gasteiger partial charge in [0.2, 0.25) is 5.91 Å². The maximum atomic E-state index is 13.6. The van der Waals surface area contributed by atoms with Gasteiger partial charge in [-0.1, -0.05) is 299 Å². The first-order valence-corrected chi connectivity index (χ1v) is 37.7. The van der Waals surface area contributed by atoms with Crippen molar-refractivity contribution >= 4 is 19.7 Å². The van der Waals surface area contributed by atoms with E-state index in [1.807, 2.05) is 33.3 Å². The molecule has 0 heterocycles. The van der Waals surface area contributed by atoms with Gasteiger partial charge in [-0.25, -0.2) is 0 Å². The fourth-order valence-electron chi connectivity index (χ4n) is 10.5. The van der Waals surface area contributed by atoms with Crippen molar-refractivity contribution in [2.24, 2.45) is 0 Å². The van der Waals surface area contributed by atoms with Crippen molar-refractivity contribution in [1.29, 1.82) is 0 Å². The van der Waals surface area contributed by atoms with Crippen molar-refractivity contribution in [3.05, 3.63) is 72.9 Å². The van der Waals surface area contributed by atoms with Gasteiger partial charge in [-0.15, -0.1) is 0 Å². The van der Waals surface area contributed by atoms with Gasteiger partial charge < -0.3 is 28.5 Å². The van der Waals surface area contributed by atoms with Gasteiger partial charge in [0.1, 0.15) is 19.3 Å². The van der Waals surface area contributed by atoms with Crippen LogP contribution in [0.15, 0.2) is 72.9 Å². The van der Waals surface area contributed by atoms with Crippen molar-refractivity contribution in [2.75, 3.05) is 40.9 Å². The molecule has 3 unspecified atom stereocenters. The predicted molar refractivity (Wildman–Crippen MR) is 367 cm³/mol. The van der Waals surface area contributed by atoms with Gasteiger partial charge in [-0.2, -0.15) is 0 Å². The minimum atomic E-state index is -4.71. The molecule has 0 aliphatic rings. The van der Waals surface area contributed by atoms with Crippen LogP contribution in [0.1, 0.15) is 342 Å². The van der Waals surface area contributed by atoms with Crippen molar-refractivity contribution in [2.45, 2.75) is 354 Å². The molecule has 3 atom stereocenters. The highest BCUT2D eigenvalue weighted by Gasteiger charge is 2.27. The van der Waals surface area contributed by atoms with E-state index >= 15 is 0 Å². The van der Waals surface area contributed by atoms with Crippen LogP contribution in [0.2, 0.25) is 0 Å². The van der Waals surface area contributed by atoms with Crippen LogP contribution in [0.5, 0.6) is 0 Å². The second-order valence-corrected chi connectivity index (χ2v) is 27.1. The zero-order chi connectivity index (χ0) is 62.1. The molecule has 85 heavy (non-hydrogen) atoms. The molecule has 0 saturated carbocycles. The quantitative estimate of drug-likeness (QED) is 0.0212. The maximum Gasteiger partial charge on any atom is 0.306 e. The molecule has 0 aliphatic carbocycles. The third-order valence-corrected chi connectivity index (χ3v) is 17.1. The summed E-state index contributed by atoms with van der Waals surface area (Å²) >= 11 is 0. The zero-order valence-electron chi connectivity index (χ0n) is 56.8. The summed E-state index contributed by atoms with van der Waals surface area (Å²) in [6.45, 7) is 6.83. The number of quaternary nitrogens is 1. The minimum Gasteiger partial charge on any atom is -0.756 e. The van der Waals surface area contributed by atoms with Crippen LogP contribution in [0.3, 0.4) is 0 Å². The van der Waals surface area contributed by atoms with Crippen LogP contribution in [0, 0.1) is 0 Å². The second kappa shape index (κ2) is 64.4. The number of allylic oxidation sites excluding steroid dienone is 11. The number of phosphoric acid groups is 1. The lowest BCUT2D eigenvalue weighted by molar-refractivity contribution is -0.870. The molecule has 10 heteroatoms. The monoisotopic (exact) mass is 1210 g/mol. The number of hydrogen-bond acceptors (Lipinski definition) is 7. The molecule has 496 valence electrons. The van der Waals surface area contributed by atoms with Crippen LogP contribution in [0.4, 0.5) is 0 Å². The lowest BCUT2D eigenvalue weighted by Crippen LogP contribution is -2.47. The molecule has 0 bridgehead atoms. The van der Waals surface area contributed by atoms with Gasteiger partial charge in [0.25, 0.3) is 7.82 Å². The summed E-state index contributed by atoms with van der Waals surface area (Å²) in [6.07, 6.45) is 84.6. The first-order valence-electron chi connectivity index (χ1n) is 36.2. The molecule has 1 N–H and O–H groups in total. The smallest absolute Gasteiger partial charge is 0.306 e. The van der Waals surface area contributed by atoms with E-state index in [4.69, 9.17) is 13.8 Å². The molecule has 0 aliphatic heterocycles. The van der Waals surface area contributed by atoms with Crippen molar-refractivity contribution in [1.82, 2.24) is 5.32 Å². The Kier molecular flexibility index (Phi) is 62.5. The molecule has 0 radical (unpaired) electrons. The Morgan fingerprint density at radius 1 is 0.412 bits per heavy atom. The number of unbranched alkanes of at least 4 members (excludes halogenated alkanes) is 40. The van der Waals surface area contributed by atoms with Crippen molar-refractivity contribution in [3.8, 4) is 0 Å². The molecular formula is C75H139N2O7P. The van der Waals surface area contributed by atoms with Gasteiger partial charge in [0.15, 0.2) is 0 Å². The molecule has 0 aromatic heterocycles. The molecule has 0 spiro atoms. The topological polar surface area (TPSA) is 114 Å². The van der Waals surface area contributed by atoms with Gasteiger partial charge in [0.05, 0.1) is 33.8 Å². The van der Waals surface area contributed by atoms with E-state index in [2.05, 4.69) is 86.8 Å². The second-order valence-electron chi connectivity index (χ2n) is 25.7. The first kappa shape index (κ1) is 82.5. The number of nitrogens with one attached hydrogen (secondary N) is 1. The number of esters is 1. The lowest BCUT2D eigenvalue weighted by Gasteiger charge is -2.30. The van der Waals surface area contributed by atoms with E-state index in [0.717, 1.165) is 96.3 Å². The SMILES string of the molecule is CCCCC/C=C\C/C=C\C/C=C\C/C=C\CCCCCCCC(=O)NC(COP(=O)([O-])OCC[N+](C)(C)C)C(/C=C\CCCCCCCCCCC)OC(=O)CCCCCCCCCCCCCCCCCCC/C=C/CCCCCCCC. The van der Waals surface area contributed by atoms with E-state index in [0.29, 0.717) is 17.4 Å². The van der Waals surface area contributed by atoms with E-state index in [-0.39, 0.29) is 24.9 Å². The first-order chi connectivity index (χ1) is 41.4. The molecule has 0 aromatic carbocycles. The molecular weight excluding hydrogens is 1070 g/mol. The summed E-state index contributed by atoms with van der Waals surface area (Å²) in [4.78, 5) is 40.2. The number of carbonyl (C=O) groups excluding carboxylic acids is 2. The Morgan fingerprint density at radius 2 is 0.718 bits per heavy atom. The van der Waals surface area contributed by atoms with Crippen LogP contribution >= 0.6 is 7.82 Å². The standard InChI is InChI=1S/C75H139N2O7P/c1-7-10-13-16-19-22-25-27-29-31-33-35-36-37-38-39-40-42-44-46-48-50-53-56-59-62-65-68-75(79)84-73(66-63-60-57-54-51-24-21-18-15-12-9-3)72(71-83-85(80,81)82-70-69-77(4,5)6)76-74(78)67-64-61-58-55-52-49-47-45-43-41-34-32-30-28-26-23-20-17-14-11-8-2/h20,23,27-30,34,41,45,47,63,66,72-73H,7-19,21-22,24-26,31-33,35-40,42-44,46,48-62,64-65,67-71H2,1-6H3,(H-,76,78,80,81)/b23-20-,29-27+,30-28-,41-34-,47-45-,66-63-. The molecule has 0 aromatic rings. The Hall–Kier alpha value is -2.55. The minimum absolute atomic E-state index is 0.0274. The van der Waals surface area contributed by atoms with Crippen LogP contribution in [0.25, 0.3) is 0 Å². The number of ether oxygens (including phenoxy) is 1. The number of amides is 1. The third-order valence-electron chi connectivity index (χ3n) is 16.1. The molecule has 0 saturated heterocycles. The molecule has 0 rings (SSSR count). The molecule has 1 amide bonds. The van der Waals surface area contributed by atoms with Gasteiger partial charge >= 0.3 is 5.97 Å². The highest BCUT2D eigenvalue weighted by molar-refractivity contribution is 7.45. The number of phosphoric ester groups is 1. The number of nitrogens with zero attached hydrogens (tertiary/aromatic N) is 1. The Morgan fingerprint density at radius 3 is 1.11 bits per heavy atom. The number of likely N-dealkylation sites (N-methyl/N-ethyl adjacent to an activating group) is 1. The van der Waals surface area contributed by atoms with Crippen molar-refractivity contribution < 1.29 is 37.3 Å². The normalized spacial score (nSPS) is 13.9. The summed E-state index contributed by atoms with van der Waals surface area (Å²) < 4.78 is 30.4. The Labute approximate surface area is 527 Å². The van der Waals surface area contributed by atoms with E-state index < -0.39 is 26.6 Å². The fourth-order valence-corrected chi connectivity index (χ4v) is 11.2. The van der Waals surface area contributed by atoms with Gasteiger partial charge in [0, 0.05) is 12.8 Å². The summed E-state index contributed by atoms with van der Waals surface area (Å²) in [7, 11) is 1.18. The fraction of sp³-hybridized carbons (Fsp3) is 0.813. The summed E-state index contributed by atoms with van der Waals surface area (Å²) in [5.41, 5.74) is 0. The molecule has 9 nitrogen and oxygen atoms in total. The molecule has 0 fully saturated rings. The highest BCUT2D eigenvalue weighted by Crippen LogP contribution is 2.38. The summed E-state index contributed by atoms with van der Waals surface area (Å²) in [6, 6.07) is -0.900. The number of hydrogen-bond donors (Lipinski definition) is 1. The van der Waals surface area contributed by atoms with Crippen molar-refractivity contribution in [3.63, 3.8) is 0 Å². The predicted octanol–water partition coefficient (Wildman–Crippen LogP) is 22.5. The van der Waals surface area contributed by atoms with E-state index in [1.54, 1.807) is 0 Å². The highest BCUT2D eigenvalue weighted by atomic mass is 31.2. The lowest BCUT2D eigenvalue weighted by atomic mass is 10.0. The average molecular weight is 1210 g/mol. The average Bonchev–Trinajstić information content (AvgIpc) is 3.57. The number of rotatable bonds is 66. The van der Waals surface area contributed by atoms with E-state index in [9.17, 15) is 19.0 Å². The van der Waals surface area contributed by atoms with Crippen LogP contribution in [-0.4, -0.2) is 69.4 Å². The third kappa shape index (κ3) is 65.7. The summed E-state index contributed by atoms with van der Waals surface area (Å²) in [5, 5.41) is 3.03. The van der Waals surface area contributed by atoms with E-state index in [1.165, 1.54) is 212 Å². The maximum absolute atomic E-state index is 13.6. The van der Waals surface area contributed by atoms with Gasteiger partial charge in [-0.05, 0) is 102 Å². The largest absolute Gasteiger partial charge is 0.756 e. The van der Waals surface area contributed by atoms with Crippen LogP contribution in [-0.2, 0) is 27.9 Å². The zero-order valence-corrected chi connectivity index (χ0v) is 57.7. The Bertz CT molecular complexity index is 1680. The Balaban J connectivity index is 5.00.